The van der Waals surface area contributed by atoms with Crippen LogP contribution in [0.2, 0.25) is 0 Å². The molecule has 5 nitrogen and oxygen atoms in total. The first-order valence-electron chi connectivity index (χ1n) is 4.76. The van der Waals surface area contributed by atoms with Gasteiger partial charge in [0.15, 0.2) is 0 Å². The number of alkyl halides is 3. The second-order valence-corrected chi connectivity index (χ2v) is 5.14. The summed E-state index contributed by atoms with van der Waals surface area (Å²) in [6.45, 7) is 0. The topological polar surface area (TPSA) is 87.0 Å². The number of hydrogen-bond donors (Lipinski definition) is 1. The number of sulfonamides is 1. The Morgan fingerprint density at radius 1 is 1.26 bits per heavy atom. The lowest BCUT2D eigenvalue weighted by Crippen LogP contribution is -2.33. The zero-order valence-electron chi connectivity index (χ0n) is 9.23. The van der Waals surface area contributed by atoms with Gasteiger partial charge in [-0.1, -0.05) is 0 Å². The number of benzene rings is 1. The molecule has 0 aliphatic rings. The Kier molecular flexibility index (Phi) is 4.16. The second-order valence-electron chi connectivity index (χ2n) is 3.46. The van der Waals surface area contributed by atoms with Crippen LogP contribution in [0.4, 0.5) is 13.2 Å². The van der Waals surface area contributed by atoms with Crippen molar-refractivity contribution in [3.05, 3.63) is 29.8 Å². The Bertz CT molecular complexity index is 615. The predicted octanol–water partition coefficient (Wildman–Crippen LogP) is 1.32. The van der Waals surface area contributed by atoms with E-state index in [0.29, 0.717) is 0 Å². The molecule has 1 aromatic rings. The van der Waals surface area contributed by atoms with Gasteiger partial charge in [0.1, 0.15) is 6.42 Å². The van der Waals surface area contributed by atoms with Crippen LogP contribution in [0.3, 0.4) is 0 Å². The first-order chi connectivity index (χ1) is 8.64. The highest BCUT2D eigenvalue weighted by Gasteiger charge is 2.33. The number of nitriles is 1. The van der Waals surface area contributed by atoms with Crippen LogP contribution in [0.5, 0.6) is 0 Å². The number of carbonyl (C=O) groups is 1. The lowest BCUT2D eigenvalue weighted by atomic mass is 10.2. The van der Waals surface area contributed by atoms with E-state index in [0.717, 1.165) is 12.1 Å². The van der Waals surface area contributed by atoms with Gasteiger partial charge in [0.25, 0.3) is 10.0 Å². The molecule has 102 valence electrons. The molecule has 0 aliphatic heterocycles. The van der Waals surface area contributed by atoms with Gasteiger partial charge in [-0.3, -0.25) is 4.79 Å². The summed E-state index contributed by atoms with van der Waals surface area (Å²) in [5.41, 5.74) is 0.181. The molecule has 0 heterocycles. The third kappa shape index (κ3) is 4.59. The van der Waals surface area contributed by atoms with E-state index >= 15 is 0 Å². The number of hydrogen-bond acceptors (Lipinski definition) is 4. The molecule has 0 unspecified atom stereocenters. The van der Waals surface area contributed by atoms with Crippen LogP contribution in [0.25, 0.3) is 0 Å². The largest absolute Gasteiger partial charge is 0.397 e. The van der Waals surface area contributed by atoms with Crippen LogP contribution in [0.15, 0.2) is 29.2 Å². The molecule has 0 fully saturated rings. The smallest absolute Gasteiger partial charge is 0.274 e. The maximum atomic E-state index is 11.9. The molecule has 0 saturated carbocycles. The quantitative estimate of drug-likeness (QED) is 0.910. The van der Waals surface area contributed by atoms with E-state index in [2.05, 4.69) is 0 Å². The Morgan fingerprint density at radius 3 is 2.21 bits per heavy atom. The van der Waals surface area contributed by atoms with Crippen LogP contribution in [0, 0.1) is 11.3 Å². The summed E-state index contributed by atoms with van der Waals surface area (Å²) in [5.74, 6) is -1.67. The minimum atomic E-state index is -4.79. The molecular weight excluding hydrogens is 285 g/mol. The molecular formula is C10H7F3N2O3S. The fourth-order valence-electron chi connectivity index (χ4n) is 1.14. The summed E-state index contributed by atoms with van der Waals surface area (Å²) in [7, 11) is -4.37. The second kappa shape index (κ2) is 5.27. The molecule has 0 aromatic heterocycles. The predicted molar refractivity (Wildman–Crippen MR) is 57.2 cm³/mol. The molecule has 0 aliphatic carbocycles. The number of halogens is 3. The standard InChI is InChI=1S/C10H7F3N2O3S/c11-10(12,13)5-9(16)15-19(17,18)8-3-1-7(6-14)2-4-8/h1-4H,5H2,(H,15,16). The van der Waals surface area contributed by atoms with Crippen molar-refractivity contribution in [3.8, 4) is 6.07 Å². The lowest BCUT2D eigenvalue weighted by molar-refractivity contribution is -0.152. The highest BCUT2D eigenvalue weighted by Crippen LogP contribution is 2.19. The van der Waals surface area contributed by atoms with Crippen molar-refractivity contribution in [2.45, 2.75) is 17.5 Å². The van der Waals surface area contributed by atoms with Gasteiger partial charge in [-0.05, 0) is 24.3 Å². The van der Waals surface area contributed by atoms with E-state index in [-0.39, 0.29) is 5.56 Å². The summed E-state index contributed by atoms with van der Waals surface area (Å²) >= 11 is 0. The monoisotopic (exact) mass is 292 g/mol. The van der Waals surface area contributed by atoms with Crippen molar-refractivity contribution < 1.29 is 26.4 Å². The lowest BCUT2D eigenvalue weighted by Gasteiger charge is -2.08. The summed E-state index contributed by atoms with van der Waals surface area (Å²) in [5, 5.41) is 8.51. The number of nitrogens with one attached hydrogen (secondary N) is 1. The fraction of sp³-hybridized carbons (Fsp3) is 0.200. The molecule has 1 N–H and O–H groups in total. The molecule has 19 heavy (non-hydrogen) atoms. The summed E-state index contributed by atoms with van der Waals surface area (Å²) < 4.78 is 60.1. The number of nitrogens with zero attached hydrogens (tertiary/aromatic N) is 1. The van der Waals surface area contributed by atoms with Crippen molar-refractivity contribution in [1.29, 1.82) is 5.26 Å². The number of carbonyl (C=O) groups excluding carboxylic acids is 1. The highest BCUT2D eigenvalue weighted by atomic mass is 32.2. The molecule has 0 spiro atoms. The minimum absolute atomic E-state index is 0.181. The average Bonchev–Trinajstić information content (AvgIpc) is 2.25. The van der Waals surface area contributed by atoms with Gasteiger partial charge in [0.2, 0.25) is 5.91 Å². The molecule has 0 atom stereocenters. The van der Waals surface area contributed by atoms with E-state index in [1.54, 1.807) is 6.07 Å². The molecule has 1 aromatic carbocycles. The van der Waals surface area contributed by atoms with Crippen LogP contribution in [0.1, 0.15) is 12.0 Å². The van der Waals surface area contributed by atoms with E-state index < -0.39 is 33.4 Å². The van der Waals surface area contributed by atoms with Gasteiger partial charge >= 0.3 is 6.18 Å². The molecule has 1 amide bonds. The van der Waals surface area contributed by atoms with Crippen molar-refractivity contribution in [2.75, 3.05) is 0 Å². The molecule has 1 rings (SSSR count). The maximum Gasteiger partial charge on any atom is 0.397 e. The van der Waals surface area contributed by atoms with Gasteiger partial charge in [-0.15, -0.1) is 0 Å². The van der Waals surface area contributed by atoms with Crippen LogP contribution in [-0.2, 0) is 14.8 Å². The highest BCUT2D eigenvalue weighted by molar-refractivity contribution is 7.90. The summed E-state index contributed by atoms with van der Waals surface area (Å²) in [6.07, 6.45) is -6.67. The third-order valence-corrected chi connectivity index (χ3v) is 3.29. The average molecular weight is 292 g/mol. The number of rotatable bonds is 3. The Morgan fingerprint density at radius 2 is 1.79 bits per heavy atom. The van der Waals surface area contributed by atoms with Gasteiger partial charge in [-0.25, -0.2) is 13.1 Å². The Hall–Kier alpha value is -2.08. The molecule has 0 bridgehead atoms. The van der Waals surface area contributed by atoms with Gasteiger partial charge in [0, 0.05) is 0 Å². The van der Waals surface area contributed by atoms with Crippen LogP contribution >= 0.6 is 0 Å². The zero-order chi connectivity index (χ0) is 14.7. The van der Waals surface area contributed by atoms with Gasteiger partial charge in [0.05, 0.1) is 16.5 Å². The third-order valence-electron chi connectivity index (χ3n) is 1.90. The van der Waals surface area contributed by atoms with Gasteiger partial charge < -0.3 is 0 Å². The Labute approximate surface area is 106 Å². The molecule has 9 heteroatoms. The van der Waals surface area contributed by atoms with Crippen molar-refractivity contribution in [3.63, 3.8) is 0 Å². The van der Waals surface area contributed by atoms with E-state index in [4.69, 9.17) is 5.26 Å². The summed E-state index contributed by atoms with van der Waals surface area (Å²) in [6, 6.07) is 6.12. The van der Waals surface area contributed by atoms with Gasteiger partial charge in [-0.2, -0.15) is 18.4 Å². The van der Waals surface area contributed by atoms with Crippen molar-refractivity contribution in [1.82, 2.24) is 4.72 Å². The van der Waals surface area contributed by atoms with E-state index in [9.17, 15) is 26.4 Å². The first-order valence-corrected chi connectivity index (χ1v) is 6.25. The fourth-order valence-corrected chi connectivity index (χ4v) is 2.12. The zero-order valence-corrected chi connectivity index (χ0v) is 10.0. The van der Waals surface area contributed by atoms with E-state index in [1.807, 2.05) is 0 Å². The molecule has 0 radical (unpaired) electrons. The maximum absolute atomic E-state index is 11.9. The van der Waals surface area contributed by atoms with Crippen molar-refractivity contribution >= 4 is 15.9 Å². The van der Waals surface area contributed by atoms with Crippen LogP contribution in [-0.4, -0.2) is 20.5 Å². The normalized spacial score (nSPS) is 11.7. The number of amides is 1. The van der Waals surface area contributed by atoms with E-state index in [1.165, 1.54) is 16.9 Å². The van der Waals surface area contributed by atoms with Crippen molar-refractivity contribution in [2.24, 2.45) is 0 Å². The molecule has 0 saturated heterocycles. The minimum Gasteiger partial charge on any atom is -0.274 e. The van der Waals surface area contributed by atoms with Crippen LogP contribution < -0.4 is 4.72 Å². The Balaban J connectivity index is 2.87. The first kappa shape index (κ1) is 15.0. The SMILES string of the molecule is N#Cc1ccc(S(=O)(=O)NC(=O)CC(F)(F)F)cc1. The summed E-state index contributed by atoms with van der Waals surface area (Å²) in [4.78, 5) is 10.5.